The molecule has 0 N–H and O–H groups in total. The molecule has 32 heavy (non-hydrogen) atoms. The number of aldehydes is 1. The molecule has 8 heteroatoms. The lowest BCUT2D eigenvalue weighted by Gasteiger charge is -1.98. The van der Waals surface area contributed by atoms with Crippen molar-refractivity contribution in [3.05, 3.63) is 53.6 Å². The summed E-state index contributed by atoms with van der Waals surface area (Å²) in [6.07, 6.45) is 12.1. The van der Waals surface area contributed by atoms with E-state index in [1.54, 1.807) is 20.1 Å². The van der Waals surface area contributed by atoms with Crippen LogP contribution in [0.1, 0.15) is 80.5 Å². The number of carbonyl (C=O) groups excluding carboxylic acids is 2. The Morgan fingerprint density at radius 3 is 2.59 bits per heavy atom. The highest BCUT2D eigenvalue weighted by molar-refractivity contribution is 5.86. The molecule has 4 rings (SSSR count). The third kappa shape index (κ3) is 7.76. The Labute approximate surface area is 188 Å². The predicted molar refractivity (Wildman–Crippen MR) is 123 cm³/mol. The lowest BCUT2D eigenvalue weighted by atomic mass is 10.2. The van der Waals surface area contributed by atoms with Gasteiger partial charge in [-0.3, -0.25) is 4.99 Å². The lowest BCUT2D eigenvalue weighted by molar-refractivity contribution is -0.106. The van der Waals surface area contributed by atoms with Crippen LogP contribution in [0, 0.1) is 0 Å². The van der Waals surface area contributed by atoms with Crippen LogP contribution in [0.15, 0.2) is 40.2 Å². The minimum Gasteiger partial charge on any atom is -0.461 e. The molecule has 8 nitrogen and oxygen atoms in total. The van der Waals surface area contributed by atoms with E-state index in [2.05, 4.69) is 41.1 Å². The van der Waals surface area contributed by atoms with E-state index in [1.165, 1.54) is 31.1 Å². The predicted octanol–water partition coefficient (Wildman–Crippen LogP) is 4.66. The first-order valence-corrected chi connectivity index (χ1v) is 11.0. The van der Waals surface area contributed by atoms with Gasteiger partial charge in [-0.15, -0.1) is 0 Å². The standard InChI is InChI=1S/C17H17N3O3.C4H7NO.C3H8/c1-2-22-17(21)14-10-23-16(19-14)7-13-9-20-8-12(11-3-4-11)5-6-15(20)18-13;1-2-5-3-4-6;1-3-2/h5-6,8-11H,2-4,7H2,1H3;2,4H,3H2,1H3;3H2,1-2H3. The molecule has 1 aliphatic carbocycles. The minimum absolute atomic E-state index is 0.196. The number of pyridine rings is 1. The first-order chi connectivity index (χ1) is 15.6. The van der Waals surface area contributed by atoms with Crippen molar-refractivity contribution in [3.63, 3.8) is 0 Å². The maximum absolute atomic E-state index is 11.6. The number of rotatable bonds is 7. The normalized spacial score (nSPS) is 12.6. The van der Waals surface area contributed by atoms with E-state index in [9.17, 15) is 9.59 Å². The SMILES string of the molecule is CC=NCC=O.CCC.CCOC(=O)c1coc(Cc2cn3cc(C4CC4)ccc3n2)n1. The summed E-state index contributed by atoms with van der Waals surface area (Å²) in [4.78, 5) is 33.4. The molecular weight excluding hydrogens is 408 g/mol. The number of nitrogens with zero attached hydrogens (tertiary/aromatic N) is 4. The summed E-state index contributed by atoms with van der Waals surface area (Å²) in [5, 5.41) is 0. The van der Waals surface area contributed by atoms with Crippen molar-refractivity contribution in [2.75, 3.05) is 13.2 Å². The van der Waals surface area contributed by atoms with Gasteiger partial charge in [-0.1, -0.05) is 26.3 Å². The summed E-state index contributed by atoms with van der Waals surface area (Å²) >= 11 is 0. The highest BCUT2D eigenvalue weighted by Gasteiger charge is 2.23. The number of hydrogen-bond donors (Lipinski definition) is 0. The van der Waals surface area contributed by atoms with Crippen molar-refractivity contribution in [3.8, 4) is 0 Å². The monoisotopic (exact) mass is 440 g/mol. The summed E-state index contributed by atoms with van der Waals surface area (Å²) < 4.78 is 12.3. The molecule has 172 valence electrons. The Kier molecular flexibility index (Phi) is 10.3. The van der Waals surface area contributed by atoms with Crippen molar-refractivity contribution in [2.24, 2.45) is 4.99 Å². The van der Waals surface area contributed by atoms with Gasteiger partial charge in [0.05, 0.1) is 25.3 Å². The van der Waals surface area contributed by atoms with Gasteiger partial charge in [-0.2, -0.15) is 0 Å². The number of fused-ring (bicyclic) bond motifs is 1. The lowest BCUT2D eigenvalue weighted by Crippen LogP contribution is -2.05. The summed E-state index contributed by atoms with van der Waals surface area (Å²) in [6.45, 7) is 8.41. The fraction of sp³-hybridized carbons (Fsp3) is 0.458. The first kappa shape index (κ1) is 25.0. The average Bonchev–Trinajstić information content (AvgIpc) is 3.40. The van der Waals surface area contributed by atoms with E-state index < -0.39 is 5.97 Å². The van der Waals surface area contributed by atoms with Crippen LogP contribution >= 0.6 is 0 Å². The molecule has 1 saturated carbocycles. The molecule has 0 atom stereocenters. The zero-order valence-corrected chi connectivity index (χ0v) is 19.3. The largest absolute Gasteiger partial charge is 0.461 e. The molecule has 0 spiro atoms. The fourth-order valence-electron chi connectivity index (χ4n) is 2.80. The molecule has 3 aromatic heterocycles. The molecule has 0 aliphatic heterocycles. The van der Waals surface area contributed by atoms with Gasteiger partial charge < -0.3 is 18.3 Å². The van der Waals surface area contributed by atoms with E-state index in [1.807, 2.05) is 16.7 Å². The van der Waals surface area contributed by atoms with Gasteiger partial charge in [0.2, 0.25) is 5.89 Å². The van der Waals surface area contributed by atoms with Crippen LogP contribution in [0.2, 0.25) is 0 Å². The van der Waals surface area contributed by atoms with Crippen molar-refractivity contribution in [1.82, 2.24) is 14.4 Å². The summed E-state index contributed by atoms with van der Waals surface area (Å²) in [6, 6.07) is 4.19. The Balaban J connectivity index is 0.000000347. The Morgan fingerprint density at radius 1 is 1.25 bits per heavy atom. The zero-order chi connectivity index (χ0) is 23.3. The highest BCUT2D eigenvalue weighted by atomic mass is 16.5. The van der Waals surface area contributed by atoms with Crippen LogP contribution in [-0.2, 0) is 16.0 Å². The molecule has 0 unspecified atom stereocenters. The van der Waals surface area contributed by atoms with E-state index in [-0.39, 0.29) is 5.69 Å². The van der Waals surface area contributed by atoms with E-state index in [0.29, 0.717) is 31.4 Å². The molecule has 0 radical (unpaired) electrons. The third-order valence-electron chi connectivity index (χ3n) is 4.30. The van der Waals surface area contributed by atoms with Crippen LogP contribution in [0.3, 0.4) is 0 Å². The van der Waals surface area contributed by atoms with Crippen LogP contribution in [0.5, 0.6) is 0 Å². The van der Waals surface area contributed by atoms with Crippen molar-refractivity contribution in [1.29, 1.82) is 0 Å². The number of aliphatic imine (C=N–C) groups is 1. The van der Waals surface area contributed by atoms with Crippen LogP contribution < -0.4 is 0 Å². The maximum Gasteiger partial charge on any atom is 0.360 e. The van der Waals surface area contributed by atoms with Gasteiger partial charge in [0.15, 0.2) is 5.69 Å². The molecule has 3 heterocycles. The van der Waals surface area contributed by atoms with Crippen LogP contribution in [0.25, 0.3) is 5.65 Å². The van der Waals surface area contributed by atoms with Gasteiger partial charge in [0.25, 0.3) is 0 Å². The highest BCUT2D eigenvalue weighted by Crippen LogP contribution is 2.39. The van der Waals surface area contributed by atoms with Gasteiger partial charge in [0.1, 0.15) is 18.2 Å². The molecule has 3 aromatic rings. The molecule has 1 aliphatic rings. The molecule has 1 fully saturated rings. The van der Waals surface area contributed by atoms with E-state index in [4.69, 9.17) is 9.15 Å². The molecule has 0 aromatic carbocycles. The molecule has 0 saturated heterocycles. The number of carbonyl (C=O) groups is 2. The summed E-state index contributed by atoms with van der Waals surface area (Å²) in [5.74, 6) is 0.703. The topological polar surface area (TPSA) is 99.1 Å². The smallest absolute Gasteiger partial charge is 0.360 e. The minimum atomic E-state index is -0.466. The second kappa shape index (κ2) is 13.2. The zero-order valence-electron chi connectivity index (χ0n) is 19.3. The number of ether oxygens (including phenoxy) is 1. The van der Waals surface area contributed by atoms with E-state index >= 15 is 0 Å². The first-order valence-electron chi connectivity index (χ1n) is 11.0. The summed E-state index contributed by atoms with van der Waals surface area (Å²) in [5.41, 5.74) is 3.32. The second-order valence-corrected chi connectivity index (χ2v) is 7.26. The molecular formula is C24H32N4O4. The van der Waals surface area contributed by atoms with E-state index in [0.717, 1.165) is 17.6 Å². The molecule has 0 bridgehead atoms. The quantitative estimate of drug-likeness (QED) is 0.301. The Bertz CT molecular complexity index is 1020. The van der Waals surface area contributed by atoms with Gasteiger partial charge >= 0.3 is 5.97 Å². The summed E-state index contributed by atoms with van der Waals surface area (Å²) in [7, 11) is 0. The van der Waals surface area contributed by atoms with Gasteiger partial charge in [0, 0.05) is 12.4 Å². The molecule has 0 amide bonds. The number of imidazole rings is 1. The third-order valence-corrected chi connectivity index (χ3v) is 4.30. The second-order valence-electron chi connectivity index (χ2n) is 7.26. The van der Waals surface area contributed by atoms with Gasteiger partial charge in [-0.05, 0) is 50.5 Å². The average molecular weight is 441 g/mol. The Morgan fingerprint density at radius 2 is 2.00 bits per heavy atom. The number of aromatic nitrogens is 3. The van der Waals surface area contributed by atoms with Crippen molar-refractivity contribution < 1.29 is 18.7 Å². The van der Waals surface area contributed by atoms with Crippen molar-refractivity contribution in [2.45, 2.75) is 59.3 Å². The fourth-order valence-corrected chi connectivity index (χ4v) is 2.80. The van der Waals surface area contributed by atoms with Crippen molar-refractivity contribution >= 4 is 24.1 Å². The number of hydrogen-bond acceptors (Lipinski definition) is 7. The number of esters is 1. The number of oxazole rings is 1. The van der Waals surface area contributed by atoms with Crippen LogP contribution in [-0.4, -0.2) is 46.0 Å². The Hall–Kier alpha value is -3.29. The maximum atomic E-state index is 11.6. The van der Waals surface area contributed by atoms with Crippen LogP contribution in [0.4, 0.5) is 0 Å². The van der Waals surface area contributed by atoms with Gasteiger partial charge in [-0.25, -0.2) is 14.8 Å².